The van der Waals surface area contributed by atoms with E-state index in [9.17, 15) is 5.11 Å². The van der Waals surface area contributed by atoms with Gasteiger partial charge >= 0.3 is 0 Å². The van der Waals surface area contributed by atoms with Crippen molar-refractivity contribution in [3.05, 3.63) is 11.6 Å². The van der Waals surface area contributed by atoms with Gasteiger partial charge in [-0.2, -0.15) is 0 Å². The highest BCUT2D eigenvalue weighted by atomic mass is 16.3. The predicted molar refractivity (Wildman–Crippen MR) is 115 cm³/mol. The second kappa shape index (κ2) is 7.19. The first-order valence-corrected chi connectivity index (χ1v) is 12.2. The minimum atomic E-state index is -0.484. The van der Waals surface area contributed by atoms with Crippen LogP contribution in [0.25, 0.3) is 0 Å². The summed E-state index contributed by atoms with van der Waals surface area (Å²) in [5.74, 6) is 3.86. The third-order valence-electron chi connectivity index (χ3n) is 9.81. The van der Waals surface area contributed by atoms with Crippen molar-refractivity contribution in [2.24, 2.45) is 34.5 Å². The third-order valence-corrected chi connectivity index (χ3v) is 9.81. The van der Waals surface area contributed by atoms with Gasteiger partial charge < -0.3 is 5.11 Å². The largest absolute Gasteiger partial charge is 0.390 e. The fraction of sp³-hybridized carbons (Fsp3) is 0.923. The summed E-state index contributed by atoms with van der Waals surface area (Å²) >= 11 is 0. The maximum absolute atomic E-state index is 9.99. The van der Waals surface area contributed by atoms with E-state index in [0.717, 1.165) is 30.1 Å². The second-order valence-corrected chi connectivity index (χ2v) is 11.8. The Morgan fingerprint density at radius 2 is 1.85 bits per heavy atom. The van der Waals surface area contributed by atoms with Crippen molar-refractivity contribution in [2.75, 3.05) is 0 Å². The topological polar surface area (TPSA) is 20.2 Å². The fourth-order valence-corrected chi connectivity index (χ4v) is 8.23. The van der Waals surface area contributed by atoms with E-state index in [1.54, 1.807) is 0 Å². The molecule has 6 atom stereocenters. The van der Waals surface area contributed by atoms with Crippen molar-refractivity contribution < 1.29 is 5.11 Å². The van der Waals surface area contributed by atoms with Gasteiger partial charge in [-0.05, 0) is 113 Å². The number of fused-ring (bicyclic) bond motifs is 5. The van der Waals surface area contributed by atoms with Gasteiger partial charge in [-0.15, -0.1) is 0 Å². The fourth-order valence-electron chi connectivity index (χ4n) is 8.23. The molecule has 0 amide bonds. The molecule has 3 fully saturated rings. The van der Waals surface area contributed by atoms with Gasteiger partial charge in [-0.1, -0.05) is 44.8 Å². The Hall–Kier alpha value is -0.300. The van der Waals surface area contributed by atoms with Gasteiger partial charge in [0.2, 0.25) is 0 Å². The number of unbranched alkanes of at least 4 members (excludes halogenated alkanes) is 1. The first-order valence-electron chi connectivity index (χ1n) is 12.2. The minimum absolute atomic E-state index is 0.484. The lowest BCUT2D eigenvalue weighted by Gasteiger charge is -2.57. The Balaban J connectivity index is 1.43. The lowest BCUT2D eigenvalue weighted by Crippen LogP contribution is -2.49. The molecule has 3 saturated carbocycles. The Kier molecular flexibility index (Phi) is 5.32. The van der Waals surface area contributed by atoms with Crippen LogP contribution in [0.2, 0.25) is 0 Å². The van der Waals surface area contributed by atoms with E-state index in [0.29, 0.717) is 10.8 Å². The molecule has 0 heterocycles. The molecule has 0 aromatic heterocycles. The summed E-state index contributed by atoms with van der Waals surface area (Å²) in [4.78, 5) is 0. The zero-order valence-corrected chi connectivity index (χ0v) is 18.5. The maximum Gasteiger partial charge on any atom is 0.0591 e. The molecule has 6 unspecified atom stereocenters. The molecule has 4 rings (SSSR count). The summed E-state index contributed by atoms with van der Waals surface area (Å²) in [5.41, 5.74) is 2.51. The first-order chi connectivity index (χ1) is 12.7. The predicted octanol–water partition coefficient (Wildman–Crippen LogP) is 7.29. The van der Waals surface area contributed by atoms with Crippen LogP contribution in [0.3, 0.4) is 0 Å². The maximum atomic E-state index is 9.99. The molecule has 4 aliphatic carbocycles. The van der Waals surface area contributed by atoms with Gasteiger partial charge in [0.25, 0.3) is 0 Å². The Morgan fingerprint density at radius 3 is 2.63 bits per heavy atom. The molecular weight excluding hydrogens is 328 g/mol. The quantitative estimate of drug-likeness (QED) is 0.397. The smallest absolute Gasteiger partial charge is 0.0591 e. The molecule has 0 aromatic rings. The van der Waals surface area contributed by atoms with Crippen molar-refractivity contribution in [1.82, 2.24) is 0 Å². The molecule has 1 N–H and O–H groups in total. The van der Waals surface area contributed by atoms with Crippen LogP contribution < -0.4 is 0 Å². The molecule has 154 valence electrons. The van der Waals surface area contributed by atoms with Gasteiger partial charge in [0.15, 0.2) is 0 Å². The van der Waals surface area contributed by atoms with Crippen LogP contribution in [0.5, 0.6) is 0 Å². The van der Waals surface area contributed by atoms with Gasteiger partial charge in [0.05, 0.1) is 5.60 Å². The summed E-state index contributed by atoms with van der Waals surface area (Å²) in [5, 5.41) is 9.99. The molecule has 0 bridgehead atoms. The van der Waals surface area contributed by atoms with Crippen molar-refractivity contribution in [3.8, 4) is 0 Å². The van der Waals surface area contributed by atoms with E-state index in [-0.39, 0.29) is 0 Å². The number of rotatable bonds is 5. The van der Waals surface area contributed by atoms with E-state index in [4.69, 9.17) is 0 Å². The molecular formula is C26H44O. The van der Waals surface area contributed by atoms with Crippen LogP contribution in [0.4, 0.5) is 0 Å². The van der Waals surface area contributed by atoms with Crippen molar-refractivity contribution >= 4 is 0 Å². The van der Waals surface area contributed by atoms with Gasteiger partial charge in [0, 0.05) is 0 Å². The van der Waals surface area contributed by atoms with E-state index < -0.39 is 5.60 Å². The molecule has 0 radical (unpaired) electrons. The van der Waals surface area contributed by atoms with Crippen LogP contribution in [0.15, 0.2) is 11.6 Å². The van der Waals surface area contributed by atoms with E-state index >= 15 is 0 Å². The van der Waals surface area contributed by atoms with Gasteiger partial charge in [-0.3, -0.25) is 0 Å². The highest BCUT2D eigenvalue weighted by molar-refractivity contribution is 5.24. The zero-order chi connectivity index (χ0) is 19.3. The average molecular weight is 373 g/mol. The molecule has 1 nitrogen and oxygen atoms in total. The molecule has 0 aromatic carbocycles. The summed E-state index contributed by atoms with van der Waals surface area (Å²) in [6.45, 7) is 9.22. The Morgan fingerprint density at radius 1 is 1.04 bits per heavy atom. The van der Waals surface area contributed by atoms with Gasteiger partial charge in [0.1, 0.15) is 0 Å². The minimum Gasteiger partial charge on any atom is -0.390 e. The van der Waals surface area contributed by atoms with Crippen LogP contribution >= 0.6 is 0 Å². The molecule has 0 spiro atoms. The van der Waals surface area contributed by atoms with Crippen LogP contribution in [-0.2, 0) is 0 Å². The monoisotopic (exact) mass is 372 g/mol. The zero-order valence-electron chi connectivity index (χ0n) is 18.5. The average Bonchev–Trinajstić information content (AvgIpc) is 2.94. The van der Waals surface area contributed by atoms with Crippen LogP contribution in [0, 0.1) is 34.5 Å². The van der Waals surface area contributed by atoms with Crippen LogP contribution in [0.1, 0.15) is 111 Å². The Bertz CT molecular complexity index is 569. The van der Waals surface area contributed by atoms with Crippen LogP contribution in [-0.4, -0.2) is 10.7 Å². The van der Waals surface area contributed by atoms with E-state index in [2.05, 4.69) is 19.9 Å². The summed E-state index contributed by atoms with van der Waals surface area (Å²) in [6, 6.07) is 0. The standard InChI is InChI=1S/C26H44O/c1-24(2,27)16-7-5-9-20-12-14-22-21-13-11-19-10-6-8-17-25(19,3)23(21)15-18-26(20,22)4/h11,20-23,27H,5-10,12-18H2,1-4H3. The molecule has 1 heteroatoms. The molecule has 27 heavy (non-hydrogen) atoms. The van der Waals surface area contributed by atoms with Crippen molar-refractivity contribution in [3.63, 3.8) is 0 Å². The molecule has 0 saturated heterocycles. The number of hydrogen-bond donors (Lipinski definition) is 1. The SMILES string of the molecule is CC(C)(O)CCCCC1CCC2C3CC=C4CCCCC4(C)C3CCC12C. The van der Waals surface area contributed by atoms with Crippen molar-refractivity contribution in [1.29, 1.82) is 0 Å². The number of hydrogen-bond acceptors (Lipinski definition) is 1. The highest BCUT2D eigenvalue weighted by Gasteiger charge is 2.57. The third kappa shape index (κ3) is 3.56. The molecule has 4 aliphatic rings. The Labute approximate surface area is 168 Å². The lowest BCUT2D eigenvalue weighted by atomic mass is 9.47. The molecule has 0 aliphatic heterocycles. The number of allylic oxidation sites excluding steroid dienone is 2. The summed E-state index contributed by atoms with van der Waals surface area (Å²) in [7, 11) is 0. The summed E-state index contributed by atoms with van der Waals surface area (Å²) < 4.78 is 0. The second-order valence-electron chi connectivity index (χ2n) is 11.8. The highest BCUT2D eigenvalue weighted by Crippen LogP contribution is 2.66. The van der Waals surface area contributed by atoms with E-state index in [1.165, 1.54) is 77.0 Å². The van der Waals surface area contributed by atoms with E-state index in [1.807, 2.05) is 19.4 Å². The summed E-state index contributed by atoms with van der Waals surface area (Å²) in [6.07, 6.45) is 20.7. The first kappa shape index (κ1) is 20.0. The van der Waals surface area contributed by atoms with Crippen molar-refractivity contribution in [2.45, 2.75) is 117 Å². The lowest BCUT2D eigenvalue weighted by molar-refractivity contribution is -0.0426. The normalized spacial score (nSPS) is 44.3. The number of aliphatic hydroxyl groups is 1. The van der Waals surface area contributed by atoms with Gasteiger partial charge in [-0.25, -0.2) is 0 Å².